The number of ether oxygens (including phenoxy) is 3. The Morgan fingerprint density at radius 2 is 1.93 bits per heavy atom. The van der Waals surface area contributed by atoms with E-state index in [4.69, 9.17) is 14.2 Å². The van der Waals surface area contributed by atoms with Crippen molar-refractivity contribution >= 4 is 17.8 Å². The molecule has 3 N–H and O–H groups in total. The number of carbonyl (C=O) groups excluding carboxylic acids is 2. The Balaban J connectivity index is 1.79. The summed E-state index contributed by atoms with van der Waals surface area (Å²) in [4.78, 5) is 23.6. The fourth-order valence-corrected chi connectivity index (χ4v) is 2.45. The van der Waals surface area contributed by atoms with Crippen molar-refractivity contribution in [1.29, 1.82) is 0 Å². The maximum absolute atomic E-state index is 12.3. The summed E-state index contributed by atoms with van der Waals surface area (Å²) in [5, 5.41) is 29.4. The maximum Gasteiger partial charge on any atom is 0.344 e. The van der Waals surface area contributed by atoms with Crippen molar-refractivity contribution in [2.24, 2.45) is 0 Å². The molecule has 1 heterocycles. The standard InChI is InChI=1S/C19H16O8/c1-2-25-16(22)9-26-11-4-3-10(14(21)8-11)7-15-17(23)12-5-6-13(20)18(24)19(12)27-15/h3-8,20-21,24H,2,9H2,1H3/b15-7+. The van der Waals surface area contributed by atoms with Crippen LogP contribution in [0.2, 0.25) is 0 Å². The topological polar surface area (TPSA) is 123 Å². The van der Waals surface area contributed by atoms with Gasteiger partial charge in [0.1, 0.15) is 11.5 Å². The zero-order valence-corrected chi connectivity index (χ0v) is 14.3. The molecular weight excluding hydrogens is 356 g/mol. The molecular formula is C19H16O8. The van der Waals surface area contributed by atoms with Crippen molar-refractivity contribution in [2.75, 3.05) is 13.2 Å². The largest absolute Gasteiger partial charge is 0.507 e. The van der Waals surface area contributed by atoms with Crippen LogP contribution >= 0.6 is 0 Å². The molecule has 0 fully saturated rings. The Hall–Kier alpha value is -3.68. The molecule has 3 rings (SSSR count). The summed E-state index contributed by atoms with van der Waals surface area (Å²) in [6.45, 7) is 1.62. The average Bonchev–Trinajstić information content (AvgIpc) is 2.95. The minimum absolute atomic E-state index is 0.102. The number of benzene rings is 2. The molecule has 0 amide bonds. The predicted molar refractivity (Wildman–Crippen MR) is 92.9 cm³/mol. The Morgan fingerprint density at radius 1 is 1.15 bits per heavy atom. The summed E-state index contributed by atoms with van der Waals surface area (Å²) < 4.78 is 15.3. The number of aromatic hydroxyl groups is 3. The first-order valence-corrected chi connectivity index (χ1v) is 8.01. The van der Waals surface area contributed by atoms with Gasteiger partial charge >= 0.3 is 5.97 Å². The van der Waals surface area contributed by atoms with Crippen molar-refractivity contribution in [3.63, 3.8) is 0 Å². The second-order valence-electron chi connectivity index (χ2n) is 5.56. The highest BCUT2D eigenvalue weighted by atomic mass is 16.6. The summed E-state index contributed by atoms with van der Waals surface area (Å²) in [5.41, 5.74) is 0.365. The molecule has 2 aromatic rings. The Kier molecular flexibility index (Phi) is 4.89. The van der Waals surface area contributed by atoms with Crippen molar-refractivity contribution in [2.45, 2.75) is 6.92 Å². The highest BCUT2D eigenvalue weighted by Crippen LogP contribution is 2.44. The molecule has 1 aliphatic rings. The lowest BCUT2D eigenvalue weighted by atomic mass is 10.1. The van der Waals surface area contributed by atoms with Gasteiger partial charge in [-0.2, -0.15) is 0 Å². The molecule has 0 spiro atoms. The SMILES string of the molecule is CCOC(=O)COc1ccc(/C=C2/Oc3c(ccc(O)c3O)C2=O)c(O)c1. The lowest BCUT2D eigenvalue weighted by Gasteiger charge is -2.07. The van der Waals surface area contributed by atoms with Crippen molar-refractivity contribution < 1.29 is 39.1 Å². The summed E-state index contributed by atoms with van der Waals surface area (Å²) in [5.74, 6) is -2.20. The molecule has 27 heavy (non-hydrogen) atoms. The van der Waals surface area contributed by atoms with Crippen LogP contribution in [0.25, 0.3) is 6.08 Å². The number of esters is 1. The second-order valence-corrected chi connectivity index (χ2v) is 5.56. The van der Waals surface area contributed by atoms with E-state index < -0.39 is 23.3 Å². The van der Waals surface area contributed by atoms with Gasteiger partial charge in [0.15, 0.2) is 23.9 Å². The van der Waals surface area contributed by atoms with Crippen LogP contribution in [0.15, 0.2) is 36.1 Å². The Bertz CT molecular complexity index is 945. The number of rotatable bonds is 5. The molecule has 2 aromatic carbocycles. The van der Waals surface area contributed by atoms with Gasteiger partial charge in [-0.3, -0.25) is 4.79 Å². The summed E-state index contributed by atoms with van der Waals surface area (Å²) in [7, 11) is 0. The van der Waals surface area contributed by atoms with E-state index in [0.717, 1.165) is 0 Å². The molecule has 140 valence electrons. The molecule has 8 nitrogen and oxygen atoms in total. The van der Waals surface area contributed by atoms with Crippen molar-refractivity contribution in [3.8, 4) is 28.7 Å². The van der Waals surface area contributed by atoms with E-state index in [9.17, 15) is 24.9 Å². The van der Waals surface area contributed by atoms with E-state index in [-0.39, 0.29) is 47.3 Å². The van der Waals surface area contributed by atoms with E-state index >= 15 is 0 Å². The van der Waals surface area contributed by atoms with Gasteiger partial charge in [0, 0.05) is 11.6 Å². The molecule has 8 heteroatoms. The number of carbonyl (C=O) groups is 2. The molecule has 0 aliphatic carbocycles. The van der Waals surface area contributed by atoms with Crippen LogP contribution in [0.4, 0.5) is 0 Å². The van der Waals surface area contributed by atoms with Gasteiger partial charge < -0.3 is 29.5 Å². The lowest BCUT2D eigenvalue weighted by molar-refractivity contribution is -0.145. The first-order valence-electron chi connectivity index (χ1n) is 8.01. The molecule has 0 unspecified atom stereocenters. The number of hydrogen-bond acceptors (Lipinski definition) is 8. The fourth-order valence-electron chi connectivity index (χ4n) is 2.45. The lowest BCUT2D eigenvalue weighted by Crippen LogP contribution is -2.14. The number of phenolic OH excluding ortho intramolecular Hbond substituents is 3. The van der Waals surface area contributed by atoms with Crippen LogP contribution < -0.4 is 9.47 Å². The first-order chi connectivity index (χ1) is 12.9. The number of ketones is 1. The molecule has 0 saturated carbocycles. The van der Waals surface area contributed by atoms with Crippen LogP contribution in [0.5, 0.6) is 28.7 Å². The van der Waals surface area contributed by atoms with E-state index in [2.05, 4.69) is 0 Å². The Morgan fingerprint density at radius 3 is 2.63 bits per heavy atom. The monoisotopic (exact) mass is 372 g/mol. The summed E-state index contributed by atoms with van der Waals surface area (Å²) in [6, 6.07) is 6.77. The smallest absolute Gasteiger partial charge is 0.344 e. The third kappa shape index (κ3) is 3.64. The third-order valence-electron chi connectivity index (χ3n) is 3.74. The minimum atomic E-state index is -0.533. The highest BCUT2D eigenvalue weighted by Gasteiger charge is 2.31. The van der Waals surface area contributed by atoms with Gasteiger partial charge in [-0.1, -0.05) is 0 Å². The first kappa shape index (κ1) is 18.1. The van der Waals surface area contributed by atoms with Crippen LogP contribution in [0.3, 0.4) is 0 Å². The molecule has 0 saturated heterocycles. The van der Waals surface area contributed by atoms with Crippen LogP contribution in [0.1, 0.15) is 22.8 Å². The van der Waals surface area contributed by atoms with Crippen molar-refractivity contribution in [3.05, 3.63) is 47.2 Å². The van der Waals surface area contributed by atoms with Gasteiger partial charge in [-0.15, -0.1) is 0 Å². The predicted octanol–water partition coefficient (Wildman–Crippen LogP) is 2.36. The van der Waals surface area contributed by atoms with Gasteiger partial charge in [-0.25, -0.2) is 4.79 Å². The number of allylic oxidation sites excluding steroid dienone is 1. The minimum Gasteiger partial charge on any atom is -0.507 e. The van der Waals surface area contributed by atoms with Gasteiger partial charge in [-0.05, 0) is 37.3 Å². The molecule has 1 aliphatic heterocycles. The normalized spacial score (nSPS) is 14.0. The number of Topliss-reactive ketones (excluding diaryl/α,β-unsaturated/α-hetero) is 1. The highest BCUT2D eigenvalue weighted by molar-refractivity contribution is 6.15. The van der Waals surface area contributed by atoms with Gasteiger partial charge in [0.05, 0.1) is 12.2 Å². The number of hydrogen-bond donors (Lipinski definition) is 3. The molecule has 0 atom stereocenters. The zero-order chi connectivity index (χ0) is 19.6. The van der Waals surface area contributed by atoms with E-state index in [1.807, 2.05) is 0 Å². The second kappa shape index (κ2) is 7.28. The number of phenols is 3. The van der Waals surface area contributed by atoms with Crippen LogP contribution in [-0.2, 0) is 9.53 Å². The molecule has 0 aromatic heterocycles. The summed E-state index contributed by atoms with van der Waals surface area (Å²) >= 11 is 0. The summed E-state index contributed by atoms with van der Waals surface area (Å²) in [6.07, 6.45) is 1.29. The Labute approximate surface area is 153 Å². The van der Waals surface area contributed by atoms with E-state index in [1.165, 1.54) is 36.4 Å². The van der Waals surface area contributed by atoms with Gasteiger partial charge in [0.25, 0.3) is 0 Å². The van der Waals surface area contributed by atoms with Crippen LogP contribution in [0, 0.1) is 0 Å². The van der Waals surface area contributed by atoms with E-state index in [1.54, 1.807) is 6.92 Å². The average molecular weight is 372 g/mol. The zero-order valence-electron chi connectivity index (χ0n) is 14.3. The molecule has 0 radical (unpaired) electrons. The van der Waals surface area contributed by atoms with Gasteiger partial charge in [0.2, 0.25) is 11.5 Å². The number of fused-ring (bicyclic) bond motifs is 1. The van der Waals surface area contributed by atoms with E-state index in [0.29, 0.717) is 0 Å². The maximum atomic E-state index is 12.3. The third-order valence-corrected chi connectivity index (χ3v) is 3.74. The fraction of sp³-hybridized carbons (Fsp3) is 0.158. The van der Waals surface area contributed by atoms with Crippen molar-refractivity contribution in [1.82, 2.24) is 0 Å². The quantitative estimate of drug-likeness (QED) is 0.415. The van der Waals surface area contributed by atoms with Crippen LogP contribution in [-0.4, -0.2) is 40.3 Å². The molecule has 0 bridgehead atoms.